The molecular formula is C15H20F2N2O. The van der Waals surface area contributed by atoms with Gasteiger partial charge in [0.15, 0.2) is 11.6 Å². The van der Waals surface area contributed by atoms with Crippen LogP contribution in [0.5, 0.6) is 0 Å². The molecule has 0 aliphatic carbocycles. The third kappa shape index (κ3) is 2.98. The fourth-order valence-corrected chi connectivity index (χ4v) is 2.71. The first-order chi connectivity index (χ1) is 9.40. The zero-order valence-electron chi connectivity index (χ0n) is 11.8. The summed E-state index contributed by atoms with van der Waals surface area (Å²) in [5.74, 6) is -1.48. The maximum Gasteiger partial charge on any atom is 0.223 e. The average molecular weight is 282 g/mol. The lowest BCUT2D eigenvalue weighted by molar-refractivity contribution is -0.138. The second-order valence-corrected chi connectivity index (χ2v) is 5.76. The van der Waals surface area contributed by atoms with E-state index in [1.54, 1.807) is 4.90 Å². The minimum Gasteiger partial charge on any atom is -0.334 e. The predicted octanol–water partition coefficient (Wildman–Crippen LogP) is 2.61. The molecule has 0 aromatic heterocycles. The Labute approximate surface area is 117 Å². The van der Waals surface area contributed by atoms with Crippen molar-refractivity contribution in [3.63, 3.8) is 0 Å². The Morgan fingerprint density at radius 2 is 2.05 bits per heavy atom. The normalized spacial score (nSPS) is 23.5. The molecule has 0 spiro atoms. The smallest absolute Gasteiger partial charge is 0.223 e. The highest BCUT2D eigenvalue weighted by Crippen LogP contribution is 2.32. The van der Waals surface area contributed by atoms with Crippen molar-refractivity contribution in [1.82, 2.24) is 4.90 Å². The molecule has 1 amide bonds. The topological polar surface area (TPSA) is 46.3 Å². The summed E-state index contributed by atoms with van der Waals surface area (Å²) in [7, 11) is 0. The van der Waals surface area contributed by atoms with E-state index >= 15 is 0 Å². The molecule has 0 saturated carbocycles. The summed E-state index contributed by atoms with van der Waals surface area (Å²) in [4.78, 5) is 13.8. The Morgan fingerprint density at radius 3 is 2.65 bits per heavy atom. The molecule has 2 atom stereocenters. The Kier molecular flexibility index (Phi) is 4.38. The van der Waals surface area contributed by atoms with Gasteiger partial charge in [-0.15, -0.1) is 0 Å². The van der Waals surface area contributed by atoms with E-state index in [-0.39, 0.29) is 23.9 Å². The lowest BCUT2D eigenvalue weighted by atomic mass is 9.89. The molecule has 1 saturated heterocycles. The molecule has 5 heteroatoms. The SMILES string of the molecule is CC(C)CN1C(=O)CCC(N)C1c1ccc(F)c(F)c1. The quantitative estimate of drug-likeness (QED) is 0.926. The first-order valence-corrected chi connectivity index (χ1v) is 6.90. The predicted molar refractivity (Wildman–Crippen MR) is 72.9 cm³/mol. The summed E-state index contributed by atoms with van der Waals surface area (Å²) in [6, 6.07) is 3.11. The molecular weight excluding hydrogens is 262 g/mol. The van der Waals surface area contributed by atoms with Crippen LogP contribution in [-0.2, 0) is 4.79 Å². The van der Waals surface area contributed by atoms with E-state index in [1.807, 2.05) is 13.8 Å². The third-order valence-corrected chi connectivity index (χ3v) is 3.60. The Hall–Kier alpha value is -1.49. The Balaban J connectivity index is 2.36. The number of benzene rings is 1. The van der Waals surface area contributed by atoms with Gasteiger partial charge in [0.1, 0.15) is 0 Å². The van der Waals surface area contributed by atoms with E-state index in [1.165, 1.54) is 6.07 Å². The number of carbonyl (C=O) groups excluding carboxylic acids is 1. The van der Waals surface area contributed by atoms with Gasteiger partial charge < -0.3 is 10.6 Å². The minimum absolute atomic E-state index is 0.0233. The van der Waals surface area contributed by atoms with Crippen LogP contribution in [0.25, 0.3) is 0 Å². The molecule has 20 heavy (non-hydrogen) atoms. The fourth-order valence-electron chi connectivity index (χ4n) is 2.71. The summed E-state index contributed by atoms with van der Waals surface area (Å²) in [6.45, 7) is 4.58. The zero-order valence-corrected chi connectivity index (χ0v) is 11.8. The molecule has 0 radical (unpaired) electrons. The number of hydrogen-bond acceptors (Lipinski definition) is 2. The van der Waals surface area contributed by atoms with Gasteiger partial charge in [0.05, 0.1) is 6.04 Å². The van der Waals surface area contributed by atoms with Gasteiger partial charge in [-0.25, -0.2) is 8.78 Å². The Morgan fingerprint density at radius 1 is 1.35 bits per heavy atom. The Bertz CT molecular complexity index is 505. The lowest BCUT2D eigenvalue weighted by Crippen LogP contribution is -2.50. The molecule has 0 bridgehead atoms. The van der Waals surface area contributed by atoms with Crippen molar-refractivity contribution in [1.29, 1.82) is 0 Å². The van der Waals surface area contributed by atoms with Gasteiger partial charge in [0.2, 0.25) is 5.91 Å². The van der Waals surface area contributed by atoms with E-state index in [0.29, 0.717) is 24.9 Å². The van der Waals surface area contributed by atoms with Gasteiger partial charge in [-0.05, 0) is 30.0 Å². The number of nitrogens with two attached hydrogens (primary N) is 1. The first kappa shape index (κ1) is 14.9. The maximum atomic E-state index is 13.4. The average Bonchev–Trinajstić information content (AvgIpc) is 2.37. The largest absolute Gasteiger partial charge is 0.334 e. The molecule has 3 nitrogen and oxygen atoms in total. The van der Waals surface area contributed by atoms with Gasteiger partial charge in [0, 0.05) is 19.0 Å². The molecule has 1 fully saturated rings. The van der Waals surface area contributed by atoms with E-state index < -0.39 is 11.6 Å². The van der Waals surface area contributed by atoms with Gasteiger partial charge in [-0.2, -0.15) is 0 Å². The highest BCUT2D eigenvalue weighted by molar-refractivity contribution is 5.78. The highest BCUT2D eigenvalue weighted by atomic mass is 19.2. The number of likely N-dealkylation sites (tertiary alicyclic amines) is 1. The van der Waals surface area contributed by atoms with E-state index in [4.69, 9.17) is 5.73 Å². The summed E-state index contributed by atoms with van der Waals surface area (Å²) < 4.78 is 26.5. The molecule has 1 aliphatic rings. The highest BCUT2D eigenvalue weighted by Gasteiger charge is 2.35. The maximum absolute atomic E-state index is 13.4. The fraction of sp³-hybridized carbons (Fsp3) is 0.533. The molecule has 1 heterocycles. The second kappa shape index (κ2) is 5.87. The third-order valence-electron chi connectivity index (χ3n) is 3.60. The minimum atomic E-state index is -0.905. The lowest BCUT2D eigenvalue weighted by Gasteiger charge is -2.41. The number of amides is 1. The summed E-state index contributed by atoms with van der Waals surface area (Å²) in [5.41, 5.74) is 6.68. The van der Waals surface area contributed by atoms with Crippen molar-refractivity contribution in [3.05, 3.63) is 35.4 Å². The molecule has 2 rings (SSSR count). The number of carbonyl (C=O) groups is 1. The molecule has 1 aromatic rings. The molecule has 2 unspecified atom stereocenters. The zero-order chi connectivity index (χ0) is 14.9. The van der Waals surface area contributed by atoms with Crippen LogP contribution in [0.15, 0.2) is 18.2 Å². The van der Waals surface area contributed by atoms with Crippen molar-refractivity contribution >= 4 is 5.91 Å². The van der Waals surface area contributed by atoms with E-state index in [9.17, 15) is 13.6 Å². The van der Waals surface area contributed by atoms with Crippen molar-refractivity contribution in [2.75, 3.05) is 6.54 Å². The van der Waals surface area contributed by atoms with E-state index in [0.717, 1.165) is 12.1 Å². The van der Waals surface area contributed by atoms with E-state index in [2.05, 4.69) is 0 Å². The summed E-state index contributed by atoms with van der Waals surface area (Å²) >= 11 is 0. The van der Waals surface area contributed by atoms with Crippen LogP contribution in [0.1, 0.15) is 38.3 Å². The van der Waals surface area contributed by atoms with Crippen molar-refractivity contribution in [2.45, 2.75) is 38.8 Å². The van der Waals surface area contributed by atoms with Crippen LogP contribution in [-0.4, -0.2) is 23.4 Å². The van der Waals surface area contributed by atoms with Gasteiger partial charge in [-0.1, -0.05) is 19.9 Å². The summed E-state index contributed by atoms with van der Waals surface area (Å²) in [5, 5.41) is 0. The number of nitrogens with zero attached hydrogens (tertiary/aromatic N) is 1. The van der Waals surface area contributed by atoms with Crippen molar-refractivity contribution < 1.29 is 13.6 Å². The number of piperidine rings is 1. The van der Waals surface area contributed by atoms with Crippen LogP contribution in [0.4, 0.5) is 8.78 Å². The van der Waals surface area contributed by atoms with Crippen molar-refractivity contribution in [2.24, 2.45) is 11.7 Å². The number of halogens is 2. The van der Waals surface area contributed by atoms with Crippen LogP contribution in [0, 0.1) is 17.6 Å². The molecule has 1 aliphatic heterocycles. The summed E-state index contributed by atoms with van der Waals surface area (Å²) in [6.07, 6.45) is 0.977. The van der Waals surface area contributed by atoms with Gasteiger partial charge in [0.25, 0.3) is 0 Å². The van der Waals surface area contributed by atoms with Gasteiger partial charge >= 0.3 is 0 Å². The number of hydrogen-bond donors (Lipinski definition) is 1. The van der Waals surface area contributed by atoms with Crippen LogP contribution in [0.2, 0.25) is 0 Å². The standard InChI is InChI=1S/C15H20F2N2O/c1-9(2)8-19-14(20)6-5-13(18)15(19)10-3-4-11(16)12(17)7-10/h3-4,7,9,13,15H,5-6,8,18H2,1-2H3. The molecule has 110 valence electrons. The number of rotatable bonds is 3. The first-order valence-electron chi connectivity index (χ1n) is 6.90. The van der Waals surface area contributed by atoms with Crippen LogP contribution in [0.3, 0.4) is 0 Å². The monoisotopic (exact) mass is 282 g/mol. The molecule has 1 aromatic carbocycles. The van der Waals surface area contributed by atoms with Crippen LogP contribution < -0.4 is 5.73 Å². The van der Waals surface area contributed by atoms with Gasteiger partial charge in [-0.3, -0.25) is 4.79 Å². The van der Waals surface area contributed by atoms with Crippen molar-refractivity contribution in [3.8, 4) is 0 Å². The second-order valence-electron chi connectivity index (χ2n) is 5.76. The molecule has 2 N–H and O–H groups in total. The van der Waals surface area contributed by atoms with Crippen LogP contribution >= 0.6 is 0 Å².